The topological polar surface area (TPSA) is 90.0 Å². The van der Waals surface area contributed by atoms with Crippen LogP contribution in [0.2, 0.25) is 0 Å². The van der Waals surface area contributed by atoms with Crippen LogP contribution in [0, 0.1) is 0 Å². The molecule has 17 heavy (non-hydrogen) atoms. The highest BCUT2D eigenvalue weighted by Crippen LogP contribution is 2.17. The van der Waals surface area contributed by atoms with E-state index in [1.807, 2.05) is 0 Å². The molecule has 4 amide bonds. The van der Waals surface area contributed by atoms with Gasteiger partial charge in [0.2, 0.25) is 5.91 Å². The fourth-order valence-corrected chi connectivity index (χ4v) is 2.20. The molecule has 2 aliphatic rings. The van der Waals surface area contributed by atoms with E-state index in [1.54, 1.807) is 4.90 Å². The van der Waals surface area contributed by atoms with Crippen LogP contribution in [-0.2, 0) is 9.59 Å². The molecule has 1 unspecified atom stereocenters. The van der Waals surface area contributed by atoms with Crippen molar-refractivity contribution in [3.8, 4) is 0 Å². The highest BCUT2D eigenvalue weighted by molar-refractivity contribution is 6.04. The summed E-state index contributed by atoms with van der Waals surface area (Å²) in [7, 11) is 0. The van der Waals surface area contributed by atoms with Crippen LogP contribution < -0.4 is 5.32 Å². The summed E-state index contributed by atoms with van der Waals surface area (Å²) in [6.07, 6.45) is 1.61. The van der Waals surface area contributed by atoms with Crippen LogP contribution in [0.4, 0.5) is 4.79 Å². The number of carbonyl (C=O) groups excluding carboxylic acids is 3. The van der Waals surface area contributed by atoms with Crippen molar-refractivity contribution in [2.24, 2.45) is 0 Å². The molecule has 0 spiro atoms. The van der Waals surface area contributed by atoms with E-state index in [-0.39, 0.29) is 37.6 Å². The van der Waals surface area contributed by atoms with Gasteiger partial charge in [-0.15, -0.1) is 0 Å². The molecule has 0 aliphatic carbocycles. The van der Waals surface area contributed by atoms with Crippen LogP contribution in [0.3, 0.4) is 0 Å². The lowest BCUT2D eigenvalue weighted by atomic mass is 10.2. The number of hydrogen-bond donors (Lipinski definition) is 2. The number of aliphatic hydroxyl groups is 1. The summed E-state index contributed by atoms with van der Waals surface area (Å²) in [6, 6.07) is -0.702. The largest absolute Gasteiger partial charge is 0.394 e. The molecule has 2 fully saturated rings. The second-order valence-electron chi connectivity index (χ2n) is 4.20. The summed E-state index contributed by atoms with van der Waals surface area (Å²) in [6.45, 7) is 0.219. The van der Waals surface area contributed by atoms with Crippen molar-refractivity contribution in [2.45, 2.75) is 18.9 Å². The van der Waals surface area contributed by atoms with Crippen molar-refractivity contribution in [3.63, 3.8) is 0 Å². The fraction of sp³-hybridized carbons (Fsp3) is 0.700. The van der Waals surface area contributed by atoms with E-state index in [1.165, 1.54) is 0 Å². The Morgan fingerprint density at radius 3 is 2.82 bits per heavy atom. The minimum absolute atomic E-state index is 0.0461. The van der Waals surface area contributed by atoms with Crippen molar-refractivity contribution < 1.29 is 19.5 Å². The van der Waals surface area contributed by atoms with Crippen molar-refractivity contribution in [2.75, 3.05) is 26.2 Å². The molecule has 0 aromatic rings. The Hall–Kier alpha value is -1.63. The Kier molecular flexibility index (Phi) is 3.28. The first kappa shape index (κ1) is 11.8. The monoisotopic (exact) mass is 241 g/mol. The number of hydrogen-bond acceptors (Lipinski definition) is 4. The average molecular weight is 241 g/mol. The molecule has 0 aromatic heterocycles. The Morgan fingerprint density at radius 2 is 2.24 bits per heavy atom. The van der Waals surface area contributed by atoms with Crippen LogP contribution >= 0.6 is 0 Å². The summed E-state index contributed by atoms with van der Waals surface area (Å²) in [4.78, 5) is 36.9. The summed E-state index contributed by atoms with van der Waals surface area (Å²) in [5, 5.41) is 11.5. The normalized spacial score (nSPS) is 24.4. The summed E-state index contributed by atoms with van der Waals surface area (Å²) in [5.41, 5.74) is 0. The lowest BCUT2D eigenvalue weighted by Gasteiger charge is -2.24. The second-order valence-corrected chi connectivity index (χ2v) is 4.20. The highest BCUT2D eigenvalue weighted by atomic mass is 16.3. The lowest BCUT2D eigenvalue weighted by molar-refractivity contribution is -0.137. The van der Waals surface area contributed by atoms with Crippen molar-refractivity contribution in [1.29, 1.82) is 0 Å². The maximum absolute atomic E-state index is 11.9. The molecule has 2 N–H and O–H groups in total. The predicted molar refractivity (Wildman–Crippen MR) is 56.9 cm³/mol. The zero-order valence-corrected chi connectivity index (χ0v) is 9.39. The minimum atomic E-state index is -0.525. The Morgan fingerprint density at radius 1 is 1.47 bits per heavy atom. The van der Waals surface area contributed by atoms with Gasteiger partial charge in [-0.05, 0) is 12.8 Å². The molecule has 7 nitrogen and oxygen atoms in total. The number of nitrogens with one attached hydrogen (secondary N) is 1. The molecule has 94 valence electrons. The molecule has 1 atom stereocenters. The van der Waals surface area contributed by atoms with Crippen molar-refractivity contribution in [1.82, 2.24) is 15.1 Å². The van der Waals surface area contributed by atoms with Gasteiger partial charge in [0.1, 0.15) is 6.54 Å². The first-order valence-electron chi connectivity index (χ1n) is 5.62. The van der Waals surface area contributed by atoms with Gasteiger partial charge < -0.3 is 15.3 Å². The summed E-state index contributed by atoms with van der Waals surface area (Å²) >= 11 is 0. The predicted octanol–water partition coefficient (Wildman–Crippen LogP) is -1.48. The van der Waals surface area contributed by atoms with Crippen molar-refractivity contribution >= 4 is 17.8 Å². The van der Waals surface area contributed by atoms with Gasteiger partial charge in [-0.25, -0.2) is 4.79 Å². The number of carbonyl (C=O) groups is 3. The summed E-state index contributed by atoms with van der Waals surface area (Å²) in [5.74, 6) is -0.671. The first-order valence-corrected chi connectivity index (χ1v) is 5.62. The van der Waals surface area contributed by atoms with Gasteiger partial charge in [0.15, 0.2) is 0 Å². The van der Waals surface area contributed by atoms with Gasteiger partial charge in [0.05, 0.1) is 19.2 Å². The van der Waals surface area contributed by atoms with Gasteiger partial charge in [0.25, 0.3) is 5.91 Å². The SMILES string of the molecule is O=C1CNC(=O)N1CC(=O)N1CCCC1CO. The van der Waals surface area contributed by atoms with Gasteiger partial charge in [-0.1, -0.05) is 0 Å². The number of likely N-dealkylation sites (tertiary alicyclic amines) is 1. The molecule has 7 heteroatoms. The maximum Gasteiger partial charge on any atom is 0.325 e. The molecule has 0 saturated carbocycles. The van der Waals surface area contributed by atoms with Crippen LogP contribution in [0.15, 0.2) is 0 Å². The van der Waals surface area contributed by atoms with Crippen molar-refractivity contribution in [3.05, 3.63) is 0 Å². The number of aliphatic hydroxyl groups excluding tert-OH is 1. The second kappa shape index (κ2) is 4.70. The van der Waals surface area contributed by atoms with E-state index < -0.39 is 6.03 Å². The average Bonchev–Trinajstić information content (AvgIpc) is 2.90. The highest BCUT2D eigenvalue weighted by Gasteiger charge is 2.34. The third-order valence-electron chi connectivity index (χ3n) is 3.14. The Bertz CT molecular complexity index is 341. The molecule has 0 bridgehead atoms. The minimum Gasteiger partial charge on any atom is -0.394 e. The van der Waals surface area contributed by atoms with Gasteiger partial charge in [-0.3, -0.25) is 14.5 Å². The van der Waals surface area contributed by atoms with Crippen LogP contribution in [0.5, 0.6) is 0 Å². The van der Waals surface area contributed by atoms with E-state index in [2.05, 4.69) is 5.32 Å². The first-order chi connectivity index (χ1) is 8.13. The zero-order chi connectivity index (χ0) is 12.4. The molecule has 2 heterocycles. The van der Waals surface area contributed by atoms with Crippen LogP contribution in [0.1, 0.15) is 12.8 Å². The van der Waals surface area contributed by atoms with E-state index >= 15 is 0 Å². The van der Waals surface area contributed by atoms with Gasteiger partial charge in [-0.2, -0.15) is 0 Å². The van der Waals surface area contributed by atoms with E-state index in [0.717, 1.165) is 17.7 Å². The number of rotatable bonds is 3. The number of urea groups is 1. The van der Waals surface area contributed by atoms with Gasteiger partial charge in [0, 0.05) is 6.54 Å². The molecular formula is C10H15N3O4. The molecule has 2 rings (SSSR count). The quantitative estimate of drug-likeness (QED) is 0.590. The lowest BCUT2D eigenvalue weighted by Crippen LogP contribution is -2.45. The smallest absolute Gasteiger partial charge is 0.325 e. The van der Waals surface area contributed by atoms with E-state index in [4.69, 9.17) is 5.11 Å². The number of amides is 4. The third kappa shape index (κ3) is 2.23. The standard InChI is InChI=1S/C10H15N3O4/c14-6-7-2-1-3-12(7)9(16)5-13-8(15)4-11-10(13)17/h7,14H,1-6H2,(H,11,17). The third-order valence-corrected chi connectivity index (χ3v) is 3.14. The number of imide groups is 1. The maximum atomic E-state index is 11.9. The summed E-state index contributed by atoms with van der Waals surface area (Å²) < 4.78 is 0. The Balaban J connectivity index is 1.97. The molecule has 0 radical (unpaired) electrons. The Labute approximate surface area is 98.4 Å². The van der Waals surface area contributed by atoms with E-state index in [0.29, 0.717) is 6.54 Å². The zero-order valence-electron chi connectivity index (χ0n) is 9.39. The molecule has 0 aromatic carbocycles. The number of nitrogens with zero attached hydrogens (tertiary/aromatic N) is 2. The van der Waals surface area contributed by atoms with Crippen LogP contribution in [0.25, 0.3) is 0 Å². The van der Waals surface area contributed by atoms with Gasteiger partial charge >= 0.3 is 6.03 Å². The molecule has 2 saturated heterocycles. The fourth-order valence-electron chi connectivity index (χ4n) is 2.20. The molecular weight excluding hydrogens is 226 g/mol. The van der Waals surface area contributed by atoms with Crippen LogP contribution in [-0.4, -0.2) is 65.0 Å². The van der Waals surface area contributed by atoms with E-state index in [9.17, 15) is 14.4 Å². The molecule has 2 aliphatic heterocycles.